The number of halogens is 3. The van der Waals surface area contributed by atoms with Crippen molar-refractivity contribution in [2.24, 2.45) is 5.92 Å². The molecule has 0 aliphatic heterocycles. The average molecular weight is 506 g/mol. The molecule has 0 saturated heterocycles. The molecular weight excluding hydrogens is 483 g/mol. The van der Waals surface area contributed by atoms with Crippen LogP contribution in [0.5, 0.6) is 0 Å². The maximum absolute atomic E-state index is 2.45. The van der Waals surface area contributed by atoms with Crippen molar-refractivity contribution in [3.63, 3.8) is 0 Å². The van der Waals surface area contributed by atoms with E-state index in [1.807, 2.05) is 0 Å². The van der Waals surface area contributed by atoms with E-state index in [1.54, 1.807) is 5.20 Å². The first-order chi connectivity index (χ1) is 13.2. The van der Waals surface area contributed by atoms with Crippen LogP contribution in [0.1, 0.15) is 13.8 Å². The van der Waals surface area contributed by atoms with Gasteiger partial charge in [0.15, 0.2) is 0 Å². The smallest absolute Gasteiger partial charge is 1.00 e. The van der Waals surface area contributed by atoms with Crippen LogP contribution in [0.4, 0.5) is 0 Å². The van der Waals surface area contributed by atoms with Gasteiger partial charge in [0.05, 0.1) is 0 Å². The molecule has 1 aliphatic carbocycles. The minimum absolute atomic E-state index is 0. The largest absolute Gasteiger partial charge is 1.00 e. The quantitative estimate of drug-likeness (QED) is 0.247. The molecule has 0 radical (unpaired) electrons. The molecule has 0 heterocycles. The van der Waals surface area contributed by atoms with Gasteiger partial charge in [-0.2, -0.15) is 0 Å². The Morgan fingerprint density at radius 1 is 0.633 bits per heavy atom. The van der Waals surface area contributed by atoms with E-state index in [0.717, 1.165) is 0 Å². The Labute approximate surface area is 211 Å². The Hall–Kier alpha value is -1.06. The average Bonchev–Trinajstić information content (AvgIpc) is 2.98. The topological polar surface area (TPSA) is 0 Å². The molecule has 1 unspecified atom stereocenters. The van der Waals surface area contributed by atoms with Crippen LogP contribution < -0.4 is 52.8 Å². The van der Waals surface area contributed by atoms with Crippen LogP contribution in [-0.2, 0) is 20.4 Å². The summed E-state index contributed by atoms with van der Waals surface area (Å²) in [7, 11) is -2.33. The van der Waals surface area contributed by atoms with Crippen LogP contribution in [0.25, 0.3) is 0 Å². The van der Waals surface area contributed by atoms with Crippen LogP contribution >= 0.6 is 0 Å². The fourth-order valence-electron chi connectivity index (χ4n) is 4.60. The number of hydrogen-bond acceptors (Lipinski definition) is 0. The van der Waals surface area contributed by atoms with E-state index >= 15 is 0 Å². The van der Waals surface area contributed by atoms with Gasteiger partial charge in [0.2, 0.25) is 0 Å². The summed E-state index contributed by atoms with van der Waals surface area (Å²) in [5.74, 6) is 0.456. The van der Waals surface area contributed by atoms with E-state index in [0.29, 0.717) is 5.92 Å². The van der Waals surface area contributed by atoms with Crippen molar-refractivity contribution in [3.8, 4) is 0 Å². The van der Waals surface area contributed by atoms with Gasteiger partial charge in [0, 0.05) is 0 Å². The molecule has 0 fully saturated rings. The maximum Gasteiger partial charge on any atom is -1.00 e. The molecule has 152 valence electrons. The first-order valence-corrected chi connectivity index (χ1v) is 12.3. The summed E-state index contributed by atoms with van der Waals surface area (Å²) in [6.45, 7) is 4.69. The number of hydrogen-bond donors (Lipinski definition) is 0. The normalized spacial score (nSPS) is 15.5. The summed E-state index contributed by atoms with van der Waals surface area (Å²) >= 11 is 2.26. The molecule has 0 spiro atoms. The van der Waals surface area contributed by atoms with Crippen molar-refractivity contribution < 1.29 is 57.7 Å². The number of rotatable bonds is 4. The second-order valence-corrected chi connectivity index (χ2v) is 11.9. The van der Waals surface area contributed by atoms with Crippen molar-refractivity contribution in [1.29, 1.82) is 0 Å². The minimum Gasteiger partial charge on any atom is -1.00 e. The molecule has 0 aromatic heterocycles. The van der Waals surface area contributed by atoms with Crippen molar-refractivity contribution in [3.05, 3.63) is 112 Å². The van der Waals surface area contributed by atoms with Crippen molar-refractivity contribution in [2.75, 3.05) is 0 Å². The second kappa shape index (κ2) is 11.5. The third-order valence-corrected chi connectivity index (χ3v) is 11.8. The van der Waals surface area contributed by atoms with Gasteiger partial charge in [-0.3, -0.25) is 0 Å². The summed E-state index contributed by atoms with van der Waals surface area (Å²) in [5.41, 5.74) is 1.48. The van der Waals surface area contributed by atoms with Crippen molar-refractivity contribution >= 4 is 23.6 Å². The van der Waals surface area contributed by atoms with Crippen LogP contribution in [0.15, 0.2) is 112 Å². The molecule has 3 aromatic rings. The van der Waals surface area contributed by atoms with Gasteiger partial charge in [-0.25, -0.2) is 0 Å². The molecule has 0 nitrogen and oxygen atoms in total. The molecule has 30 heavy (non-hydrogen) atoms. The third-order valence-electron chi connectivity index (χ3n) is 5.70. The monoisotopic (exact) mass is 504 g/mol. The van der Waals surface area contributed by atoms with Crippen LogP contribution in [-0.4, -0.2) is 8.07 Å². The van der Waals surface area contributed by atoms with Gasteiger partial charge in [0.1, 0.15) is 0 Å². The fraction of sp³-hybridized carbons (Fsp3) is 0.120. The Bertz CT molecular complexity index is 906. The van der Waals surface area contributed by atoms with Gasteiger partial charge < -0.3 is 37.2 Å². The zero-order valence-electron chi connectivity index (χ0n) is 16.9. The van der Waals surface area contributed by atoms with E-state index < -0.39 is 8.07 Å². The van der Waals surface area contributed by atoms with Crippen molar-refractivity contribution in [2.45, 2.75) is 13.8 Å². The Morgan fingerprint density at radius 2 is 0.967 bits per heavy atom. The van der Waals surface area contributed by atoms with Crippen LogP contribution in [0.3, 0.4) is 0 Å². The zero-order chi connectivity index (χ0) is 18.9. The van der Waals surface area contributed by atoms with E-state index in [-0.39, 0.29) is 37.2 Å². The van der Waals surface area contributed by atoms with E-state index in [4.69, 9.17) is 0 Å². The molecule has 1 atom stereocenters. The molecule has 0 saturated carbocycles. The first kappa shape index (κ1) is 27.0. The minimum atomic E-state index is -2.33. The SMILES string of the molecule is CC1=C([Si](c2ccccc2)(c2ccccc2)c2ccccc2)C(C)C=[C]1[Ti+3].[Cl-].[Cl-].[Cl-]. The summed E-state index contributed by atoms with van der Waals surface area (Å²) in [6.07, 6.45) is 2.45. The number of allylic oxidation sites excluding steroid dienone is 4. The summed E-state index contributed by atoms with van der Waals surface area (Å²) in [5, 5.41) is 6.02. The van der Waals surface area contributed by atoms with E-state index in [2.05, 4.69) is 131 Å². The Morgan fingerprint density at radius 3 is 1.23 bits per heavy atom. The molecule has 4 rings (SSSR count). The van der Waals surface area contributed by atoms with Gasteiger partial charge in [-0.15, -0.1) is 0 Å². The zero-order valence-corrected chi connectivity index (χ0v) is 21.8. The summed E-state index contributed by atoms with van der Waals surface area (Å²) in [4.78, 5) is 0. The van der Waals surface area contributed by atoms with Gasteiger partial charge in [-0.1, -0.05) is 0 Å². The molecule has 1 aliphatic rings. The van der Waals surface area contributed by atoms with Crippen LogP contribution in [0.2, 0.25) is 0 Å². The maximum atomic E-state index is 2.45. The molecular formula is C25H23Cl3SiTi. The first-order valence-electron chi connectivity index (χ1n) is 9.47. The Balaban J connectivity index is 0.00000150. The molecule has 3 aromatic carbocycles. The molecule has 5 heteroatoms. The second-order valence-electron chi connectivity index (χ2n) is 7.26. The van der Waals surface area contributed by atoms with Gasteiger partial charge in [0.25, 0.3) is 0 Å². The summed E-state index contributed by atoms with van der Waals surface area (Å²) in [6, 6.07) is 33.6. The van der Waals surface area contributed by atoms with E-state index in [1.165, 1.54) is 25.0 Å². The molecule has 0 bridgehead atoms. The standard InChI is InChI=1S/C25H23Si.3ClH.Ti/c1-20-18-19-21(2)25(20)26(22-12-6-3-7-13-22,23-14-8-4-9-15-23)24-16-10-5-11-17-24;;;;/h3-18,20H,1-2H3;3*1H;/q;;;;+3/p-3. The van der Waals surface area contributed by atoms with E-state index in [9.17, 15) is 0 Å². The predicted molar refractivity (Wildman–Crippen MR) is 114 cm³/mol. The molecule has 0 N–H and O–H groups in total. The molecule has 0 amide bonds. The van der Waals surface area contributed by atoms with Gasteiger partial charge >= 0.3 is 176 Å². The Kier molecular flexibility index (Phi) is 10.4. The van der Waals surface area contributed by atoms with Crippen LogP contribution in [0, 0.1) is 5.92 Å². The van der Waals surface area contributed by atoms with Crippen molar-refractivity contribution in [1.82, 2.24) is 0 Å². The summed E-state index contributed by atoms with van der Waals surface area (Å²) < 4.78 is 1.43. The third kappa shape index (κ3) is 4.58. The predicted octanol–water partition coefficient (Wildman–Crippen LogP) is -4.90. The number of benzene rings is 3. The fourth-order valence-corrected chi connectivity index (χ4v) is 10.9. The van der Waals surface area contributed by atoms with Gasteiger partial charge in [-0.05, 0) is 0 Å².